The molecular formula is C20H20. The zero-order chi connectivity index (χ0) is 12.3. The van der Waals surface area contributed by atoms with Crippen LogP contribution in [0.1, 0.15) is 32.6 Å². The Morgan fingerprint density at radius 1 is 1.00 bits per heavy atom. The Labute approximate surface area is 119 Å². The fourth-order valence-electron chi connectivity index (χ4n) is 11.6. The normalized spacial score (nSPS) is 80.0. The van der Waals surface area contributed by atoms with Crippen molar-refractivity contribution in [3.63, 3.8) is 0 Å². The minimum absolute atomic E-state index is 0.822. The van der Waals surface area contributed by atoms with Crippen LogP contribution in [0.25, 0.3) is 0 Å². The van der Waals surface area contributed by atoms with Gasteiger partial charge in [0.1, 0.15) is 0 Å². The van der Waals surface area contributed by atoms with Crippen LogP contribution in [-0.2, 0) is 0 Å². The molecule has 0 radical (unpaired) electrons. The van der Waals surface area contributed by atoms with Gasteiger partial charge in [-0.15, -0.1) is 0 Å². The van der Waals surface area contributed by atoms with Crippen molar-refractivity contribution in [1.29, 1.82) is 0 Å². The van der Waals surface area contributed by atoms with E-state index in [0.29, 0.717) is 0 Å². The van der Waals surface area contributed by atoms with Crippen LogP contribution in [-0.4, -0.2) is 0 Å². The molecule has 6 fully saturated rings. The van der Waals surface area contributed by atoms with Gasteiger partial charge in [-0.25, -0.2) is 0 Å². The number of hydrogen-bond acceptors (Lipinski definition) is 0. The van der Waals surface area contributed by atoms with Gasteiger partial charge in [-0.1, -0.05) is 18.1 Å². The lowest BCUT2D eigenvalue weighted by molar-refractivity contribution is -0.266. The van der Waals surface area contributed by atoms with Crippen molar-refractivity contribution in [1.82, 2.24) is 0 Å². The predicted octanol–water partition coefficient (Wildman–Crippen LogP) is 3.80. The molecule has 0 aromatic rings. The Kier molecular flexibility index (Phi) is 0.838. The molecule has 10 aliphatic carbocycles. The lowest BCUT2D eigenvalue weighted by Gasteiger charge is -2.80. The summed E-state index contributed by atoms with van der Waals surface area (Å²) in [4.78, 5) is 0. The van der Waals surface area contributed by atoms with Gasteiger partial charge in [0.05, 0.1) is 0 Å². The summed E-state index contributed by atoms with van der Waals surface area (Å²) in [7, 11) is 0. The highest BCUT2D eigenvalue weighted by atomic mass is 15.0. The molecule has 100 valence electrons. The summed E-state index contributed by atoms with van der Waals surface area (Å²) in [6, 6.07) is 0. The van der Waals surface area contributed by atoms with Gasteiger partial charge in [-0.2, -0.15) is 0 Å². The Hall–Kier alpha value is -0.520. The number of rotatable bonds is 0. The molecule has 0 nitrogen and oxygen atoms in total. The Morgan fingerprint density at radius 2 is 1.95 bits per heavy atom. The van der Waals surface area contributed by atoms with Crippen molar-refractivity contribution in [3.8, 4) is 0 Å². The van der Waals surface area contributed by atoms with Crippen LogP contribution in [0, 0.1) is 64.1 Å². The molecular weight excluding hydrogens is 240 g/mol. The van der Waals surface area contributed by atoms with Gasteiger partial charge in [0.15, 0.2) is 0 Å². The number of allylic oxidation sites excluding steroid dienone is 4. The Morgan fingerprint density at radius 3 is 2.90 bits per heavy atom. The molecule has 0 aromatic heterocycles. The number of fused-ring (bicyclic) bond motifs is 2. The molecule has 10 aliphatic rings. The van der Waals surface area contributed by atoms with E-state index in [-0.39, 0.29) is 0 Å². The minimum Gasteiger partial charge on any atom is -0.0616 e. The molecule has 20 heavy (non-hydrogen) atoms. The van der Waals surface area contributed by atoms with Crippen LogP contribution in [0.5, 0.6) is 0 Å². The van der Waals surface area contributed by atoms with Gasteiger partial charge in [-0.05, 0) is 95.5 Å². The second kappa shape index (κ2) is 1.90. The van der Waals surface area contributed by atoms with Crippen LogP contribution in [0.4, 0.5) is 0 Å². The fraction of sp³-hybridized carbons (Fsp3) is 0.800. The molecule has 0 N–H and O–H groups in total. The summed E-state index contributed by atoms with van der Waals surface area (Å²) in [5, 5.41) is 0. The van der Waals surface area contributed by atoms with E-state index in [2.05, 4.69) is 23.6 Å². The first-order valence-electron chi connectivity index (χ1n) is 9.30. The first-order chi connectivity index (χ1) is 9.82. The van der Waals surface area contributed by atoms with Gasteiger partial charge >= 0.3 is 0 Å². The van der Waals surface area contributed by atoms with Crippen molar-refractivity contribution < 1.29 is 0 Å². The largest absolute Gasteiger partial charge is 0.0616 e. The zero-order valence-corrected chi connectivity index (χ0v) is 12.0. The van der Waals surface area contributed by atoms with Crippen molar-refractivity contribution in [2.75, 3.05) is 0 Å². The summed E-state index contributed by atoms with van der Waals surface area (Å²) in [5.74, 6) is 9.94. The standard InChI is InChI=1S/C20H20/c1-6-13-9-3-8-10-4-12-16-14(9)18(8)20(10,12)19-5-7(17(6)19)2-11(19)15(13)16/h6-13,17H,2-5H2,1H3. The lowest BCUT2D eigenvalue weighted by atomic mass is 9.22. The van der Waals surface area contributed by atoms with E-state index in [1.807, 2.05) is 5.57 Å². The quantitative estimate of drug-likeness (QED) is 0.621. The molecule has 2 spiro atoms. The summed E-state index contributed by atoms with van der Waals surface area (Å²) in [6.07, 6.45) is 6.52. The Balaban J connectivity index is 1.59. The molecule has 11 unspecified atom stereocenters. The second-order valence-corrected chi connectivity index (χ2v) is 10.1. The molecule has 0 amide bonds. The lowest BCUT2D eigenvalue weighted by Crippen LogP contribution is -2.76. The van der Waals surface area contributed by atoms with Crippen molar-refractivity contribution in [3.05, 3.63) is 22.3 Å². The van der Waals surface area contributed by atoms with Crippen molar-refractivity contribution in [2.24, 2.45) is 64.1 Å². The third kappa shape index (κ3) is 0.411. The molecule has 10 rings (SSSR count). The summed E-state index contributed by atoms with van der Waals surface area (Å²) in [5.41, 5.74) is 10.0. The average Bonchev–Trinajstić information content (AvgIpc) is 3.02. The molecule has 7 bridgehead atoms. The van der Waals surface area contributed by atoms with Gasteiger partial charge in [0.25, 0.3) is 0 Å². The molecule has 11 atom stereocenters. The number of hydrogen-bond donors (Lipinski definition) is 0. The SMILES string of the molecule is CC1C2C3=C4C5=C6C(CC52)C2CC4C62C24CC(CC32)C14. The smallest absolute Gasteiger partial charge is 0.00888 e. The molecule has 0 aliphatic heterocycles. The maximum Gasteiger partial charge on any atom is 0.00888 e. The first-order valence-corrected chi connectivity index (χ1v) is 9.30. The molecule has 0 heterocycles. The summed E-state index contributed by atoms with van der Waals surface area (Å²) in [6.45, 7) is 2.68. The van der Waals surface area contributed by atoms with Crippen LogP contribution in [0.2, 0.25) is 0 Å². The van der Waals surface area contributed by atoms with E-state index in [9.17, 15) is 0 Å². The third-order valence-corrected chi connectivity index (χ3v) is 11.0. The zero-order valence-electron chi connectivity index (χ0n) is 12.0. The molecule has 0 saturated heterocycles. The van der Waals surface area contributed by atoms with E-state index in [1.54, 1.807) is 25.7 Å². The van der Waals surface area contributed by atoms with E-state index in [4.69, 9.17) is 0 Å². The van der Waals surface area contributed by atoms with Gasteiger partial charge in [0, 0.05) is 5.41 Å². The highest BCUT2D eigenvalue weighted by Crippen LogP contribution is 3.00. The van der Waals surface area contributed by atoms with Gasteiger partial charge in [-0.3, -0.25) is 0 Å². The highest BCUT2D eigenvalue weighted by Gasteiger charge is 2.93. The summed E-state index contributed by atoms with van der Waals surface area (Å²) < 4.78 is 0. The van der Waals surface area contributed by atoms with E-state index >= 15 is 0 Å². The van der Waals surface area contributed by atoms with Crippen LogP contribution >= 0.6 is 0 Å². The van der Waals surface area contributed by atoms with Crippen LogP contribution in [0.15, 0.2) is 22.3 Å². The molecule has 0 heteroatoms. The maximum absolute atomic E-state index is 2.68. The van der Waals surface area contributed by atoms with E-state index in [0.717, 1.165) is 52.3 Å². The monoisotopic (exact) mass is 260 g/mol. The van der Waals surface area contributed by atoms with E-state index in [1.165, 1.54) is 11.8 Å². The third-order valence-electron chi connectivity index (χ3n) is 11.0. The second-order valence-electron chi connectivity index (χ2n) is 10.1. The van der Waals surface area contributed by atoms with E-state index < -0.39 is 0 Å². The van der Waals surface area contributed by atoms with Crippen LogP contribution in [0.3, 0.4) is 0 Å². The molecule has 6 saturated carbocycles. The van der Waals surface area contributed by atoms with Crippen molar-refractivity contribution >= 4 is 0 Å². The Bertz CT molecular complexity index is 767. The molecule has 0 aromatic carbocycles. The predicted molar refractivity (Wildman–Crippen MR) is 74.5 cm³/mol. The fourth-order valence-corrected chi connectivity index (χ4v) is 11.6. The van der Waals surface area contributed by atoms with Gasteiger partial charge in [0.2, 0.25) is 0 Å². The topological polar surface area (TPSA) is 0 Å². The van der Waals surface area contributed by atoms with Crippen LogP contribution < -0.4 is 0 Å². The highest BCUT2D eigenvalue weighted by molar-refractivity contribution is 5.73. The van der Waals surface area contributed by atoms with Gasteiger partial charge < -0.3 is 0 Å². The average molecular weight is 260 g/mol. The first kappa shape index (κ1) is 8.81. The summed E-state index contributed by atoms with van der Waals surface area (Å²) >= 11 is 0. The maximum atomic E-state index is 2.68. The minimum atomic E-state index is 0.822. The van der Waals surface area contributed by atoms with Crippen molar-refractivity contribution in [2.45, 2.75) is 32.6 Å².